The summed E-state index contributed by atoms with van der Waals surface area (Å²) < 4.78 is 16.1. The van der Waals surface area contributed by atoms with Crippen molar-refractivity contribution in [2.75, 3.05) is 12.1 Å². The van der Waals surface area contributed by atoms with Gasteiger partial charge in [-0.05, 0) is 29.8 Å². The number of carbonyl (C=O) groups excluding carboxylic acids is 1. The Morgan fingerprint density at radius 3 is 2.57 bits per heavy atom. The number of nitrogens with one attached hydrogen (secondary N) is 1. The number of aromatic nitrogens is 1. The van der Waals surface area contributed by atoms with Crippen LogP contribution in [0.2, 0.25) is 0 Å². The van der Waals surface area contributed by atoms with Crippen molar-refractivity contribution in [3.8, 4) is 33.9 Å². The quantitative estimate of drug-likeness (QED) is 0.517. The van der Waals surface area contributed by atoms with Gasteiger partial charge >= 0.3 is 0 Å². The van der Waals surface area contributed by atoms with Crippen molar-refractivity contribution < 1.29 is 18.8 Å². The zero-order chi connectivity index (χ0) is 20.3. The Morgan fingerprint density at radius 2 is 1.67 bits per heavy atom. The van der Waals surface area contributed by atoms with E-state index in [4.69, 9.17) is 14.0 Å². The average molecular weight is 398 g/mol. The lowest BCUT2D eigenvalue weighted by Crippen LogP contribution is -2.15. The molecule has 30 heavy (non-hydrogen) atoms. The Balaban J connectivity index is 1.31. The highest BCUT2D eigenvalue weighted by atomic mass is 16.7. The van der Waals surface area contributed by atoms with Gasteiger partial charge in [-0.3, -0.25) is 4.79 Å². The number of carbonyl (C=O) groups is 1. The summed E-state index contributed by atoms with van der Waals surface area (Å²) in [5.41, 5.74) is 4.13. The zero-order valence-corrected chi connectivity index (χ0v) is 16.0. The van der Waals surface area contributed by atoms with E-state index in [9.17, 15) is 4.79 Å². The molecule has 0 radical (unpaired) electrons. The summed E-state index contributed by atoms with van der Waals surface area (Å²) in [5.74, 6) is 1.78. The maximum atomic E-state index is 12.6. The fourth-order valence-electron chi connectivity index (χ4n) is 3.40. The molecule has 0 bridgehead atoms. The second-order valence-electron chi connectivity index (χ2n) is 6.89. The first-order chi connectivity index (χ1) is 14.8. The molecule has 1 N–H and O–H groups in total. The smallest absolute Gasteiger partial charge is 0.231 e. The van der Waals surface area contributed by atoms with Gasteiger partial charge in [0.25, 0.3) is 0 Å². The molecule has 1 amide bonds. The lowest BCUT2D eigenvalue weighted by atomic mass is 10.0. The van der Waals surface area contributed by atoms with Crippen LogP contribution in [0, 0.1) is 0 Å². The predicted octanol–water partition coefficient (Wildman–Crippen LogP) is 4.92. The van der Waals surface area contributed by atoms with E-state index >= 15 is 0 Å². The van der Waals surface area contributed by atoms with E-state index in [0.717, 1.165) is 22.4 Å². The van der Waals surface area contributed by atoms with Crippen LogP contribution >= 0.6 is 0 Å². The molecule has 1 aromatic heterocycles. The van der Waals surface area contributed by atoms with Crippen molar-refractivity contribution in [2.24, 2.45) is 0 Å². The summed E-state index contributed by atoms with van der Waals surface area (Å²) >= 11 is 0. The molecule has 0 unspecified atom stereocenters. The molecule has 1 aliphatic heterocycles. The standard InChI is InChI=1S/C24H18N2O4/c27-24(25-20-9-5-4-8-19(20)16-6-2-1-3-7-16)14-18-13-22(30-26-18)17-10-11-21-23(12-17)29-15-28-21/h1-13H,14-15H2,(H,25,27). The second-order valence-corrected chi connectivity index (χ2v) is 6.89. The molecule has 2 heterocycles. The number of amides is 1. The number of rotatable bonds is 5. The second kappa shape index (κ2) is 7.75. The fourth-order valence-corrected chi connectivity index (χ4v) is 3.40. The van der Waals surface area contributed by atoms with Crippen LogP contribution in [-0.4, -0.2) is 17.9 Å². The molecule has 0 saturated heterocycles. The third-order valence-electron chi connectivity index (χ3n) is 4.84. The molecular weight excluding hydrogens is 380 g/mol. The minimum atomic E-state index is -0.163. The molecule has 0 saturated carbocycles. The van der Waals surface area contributed by atoms with Crippen LogP contribution in [0.1, 0.15) is 5.69 Å². The van der Waals surface area contributed by atoms with E-state index < -0.39 is 0 Å². The molecule has 0 fully saturated rings. The van der Waals surface area contributed by atoms with Crippen molar-refractivity contribution in [1.29, 1.82) is 0 Å². The van der Waals surface area contributed by atoms with Crippen LogP contribution in [0.15, 0.2) is 83.4 Å². The van der Waals surface area contributed by atoms with E-state index in [0.29, 0.717) is 23.0 Å². The lowest BCUT2D eigenvalue weighted by Gasteiger charge is -2.10. The van der Waals surface area contributed by atoms with Gasteiger partial charge in [-0.2, -0.15) is 0 Å². The predicted molar refractivity (Wildman–Crippen MR) is 112 cm³/mol. The summed E-state index contributed by atoms with van der Waals surface area (Å²) in [4.78, 5) is 12.6. The van der Waals surface area contributed by atoms with Gasteiger partial charge in [0.1, 0.15) is 0 Å². The van der Waals surface area contributed by atoms with Gasteiger partial charge in [0.15, 0.2) is 17.3 Å². The van der Waals surface area contributed by atoms with Gasteiger partial charge in [0, 0.05) is 22.9 Å². The summed E-state index contributed by atoms with van der Waals surface area (Å²) in [6.45, 7) is 0.213. The molecule has 5 rings (SSSR count). The number of ether oxygens (including phenoxy) is 2. The van der Waals surface area contributed by atoms with Gasteiger partial charge in [-0.1, -0.05) is 53.7 Å². The van der Waals surface area contributed by atoms with Crippen molar-refractivity contribution in [3.05, 3.63) is 84.6 Å². The van der Waals surface area contributed by atoms with Crippen LogP contribution in [0.3, 0.4) is 0 Å². The average Bonchev–Trinajstić information content (AvgIpc) is 3.43. The SMILES string of the molecule is O=C(Cc1cc(-c2ccc3c(c2)OCO3)on1)Nc1ccccc1-c1ccccc1. The summed E-state index contributed by atoms with van der Waals surface area (Å²) in [5, 5.41) is 7.02. The largest absolute Gasteiger partial charge is 0.454 e. The van der Waals surface area contributed by atoms with Crippen molar-refractivity contribution in [1.82, 2.24) is 5.16 Å². The summed E-state index contributed by atoms with van der Waals surface area (Å²) in [6.07, 6.45) is 0.108. The normalized spacial score (nSPS) is 12.0. The van der Waals surface area contributed by atoms with Gasteiger partial charge in [-0.15, -0.1) is 0 Å². The monoisotopic (exact) mass is 398 g/mol. The topological polar surface area (TPSA) is 73.6 Å². The molecular formula is C24H18N2O4. The Bertz CT molecular complexity index is 1200. The Kier molecular flexibility index (Phi) is 4.65. The molecule has 0 spiro atoms. The first kappa shape index (κ1) is 18.0. The molecule has 0 aliphatic carbocycles. The maximum absolute atomic E-state index is 12.6. The molecule has 6 heteroatoms. The highest BCUT2D eigenvalue weighted by Gasteiger charge is 2.17. The minimum Gasteiger partial charge on any atom is -0.454 e. The number of benzene rings is 3. The summed E-state index contributed by atoms with van der Waals surface area (Å²) in [7, 11) is 0. The third kappa shape index (κ3) is 3.63. The van der Waals surface area contributed by atoms with Crippen LogP contribution in [0.5, 0.6) is 11.5 Å². The molecule has 1 aliphatic rings. The fraction of sp³-hybridized carbons (Fsp3) is 0.0833. The number of hydrogen-bond acceptors (Lipinski definition) is 5. The van der Waals surface area contributed by atoms with Gasteiger partial charge in [0.05, 0.1) is 12.1 Å². The van der Waals surface area contributed by atoms with E-state index in [1.807, 2.05) is 72.8 Å². The van der Waals surface area contributed by atoms with Gasteiger partial charge in [0.2, 0.25) is 12.7 Å². The Morgan fingerprint density at radius 1 is 0.867 bits per heavy atom. The van der Waals surface area contributed by atoms with Crippen molar-refractivity contribution in [3.63, 3.8) is 0 Å². The van der Waals surface area contributed by atoms with Gasteiger partial charge < -0.3 is 19.3 Å². The van der Waals surface area contributed by atoms with Crippen molar-refractivity contribution >= 4 is 11.6 Å². The molecule has 4 aromatic rings. The van der Waals surface area contributed by atoms with Crippen LogP contribution < -0.4 is 14.8 Å². The maximum Gasteiger partial charge on any atom is 0.231 e. The molecule has 148 valence electrons. The molecule has 0 atom stereocenters. The first-order valence-electron chi connectivity index (χ1n) is 9.56. The Hall–Kier alpha value is -4.06. The number of nitrogens with zero attached hydrogens (tertiary/aromatic N) is 1. The number of para-hydroxylation sites is 1. The highest BCUT2D eigenvalue weighted by molar-refractivity contribution is 5.96. The number of hydrogen-bond donors (Lipinski definition) is 1. The number of fused-ring (bicyclic) bond motifs is 1. The molecule has 6 nitrogen and oxygen atoms in total. The third-order valence-corrected chi connectivity index (χ3v) is 4.84. The van der Waals surface area contributed by atoms with Crippen LogP contribution in [0.25, 0.3) is 22.5 Å². The number of anilines is 1. The van der Waals surface area contributed by atoms with Crippen LogP contribution in [0.4, 0.5) is 5.69 Å². The summed E-state index contributed by atoms with van der Waals surface area (Å²) in [6, 6.07) is 25.0. The molecule has 3 aromatic carbocycles. The minimum absolute atomic E-state index is 0.108. The van der Waals surface area contributed by atoms with E-state index in [2.05, 4.69) is 10.5 Å². The lowest BCUT2D eigenvalue weighted by molar-refractivity contribution is -0.115. The van der Waals surface area contributed by atoms with E-state index in [-0.39, 0.29) is 19.1 Å². The van der Waals surface area contributed by atoms with Gasteiger partial charge in [-0.25, -0.2) is 0 Å². The van der Waals surface area contributed by atoms with E-state index in [1.165, 1.54) is 0 Å². The van der Waals surface area contributed by atoms with Crippen molar-refractivity contribution in [2.45, 2.75) is 6.42 Å². The van der Waals surface area contributed by atoms with E-state index in [1.54, 1.807) is 6.07 Å². The zero-order valence-electron chi connectivity index (χ0n) is 16.0. The first-order valence-corrected chi connectivity index (χ1v) is 9.56. The highest BCUT2D eigenvalue weighted by Crippen LogP contribution is 2.36. The Labute approximate surface area is 173 Å². The van der Waals surface area contributed by atoms with Crippen LogP contribution in [-0.2, 0) is 11.2 Å².